The van der Waals surface area contributed by atoms with Gasteiger partial charge < -0.3 is 10.1 Å². The second kappa shape index (κ2) is 13.9. The summed E-state index contributed by atoms with van der Waals surface area (Å²) in [5.41, 5.74) is 4.34. The minimum absolute atomic E-state index is 0.326. The van der Waals surface area contributed by atoms with Crippen LogP contribution in [0.4, 0.5) is 0 Å². The molecule has 0 amide bonds. The lowest BCUT2D eigenvalue weighted by atomic mass is 9.97. The largest absolute Gasteiger partial charge is 0.481 e. The van der Waals surface area contributed by atoms with Crippen molar-refractivity contribution in [2.75, 3.05) is 0 Å². The molecule has 36 heavy (non-hydrogen) atoms. The van der Waals surface area contributed by atoms with Gasteiger partial charge in [-0.25, -0.2) is 4.98 Å². The lowest BCUT2D eigenvalue weighted by molar-refractivity contribution is -0.134. The predicted octanol–water partition coefficient (Wildman–Crippen LogP) is 5.93. The topological polar surface area (TPSA) is 90.7 Å². The van der Waals surface area contributed by atoms with Crippen molar-refractivity contribution in [2.45, 2.75) is 91.5 Å². The number of carbonyl (C=O) groups is 1. The van der Waals surface area contributed by atoms with Crippen molar-refractivity contribution in [3.8, 4) is 0 Å². The summed E-state index contributed by atoms with van der Waals surface area (Å²) in [5, 5.41) is 8.46. The molecule has 0 bridgehead atoms. The van der Waals surface area contributed by atoms with Gasteiger partial charge in [-0.2, -0.15) is 0 Å². The number of aliphatic carboxylic acids is 1. The molecule has 6 nitrogen and oxygen atoms in total. The molecule has 3 unspecified atom stereocenters. The maximum Gasteiger partial charge on any atom is 0.300 e. The summed E-state index contributed by atoms with van der Waals surface area (Å²) in [4.78, 5) is 26.2. The Morgan fingerprint density at radius 2 is 1.83 bits per heavy atom. The van der Waals surface area contributed by atoms with E-state index in [2.05, 4.69) is 71.1 Å². The second-order valence-electron chi connectivity index (χ2n) is 10.2. The van der Waals surface area contributed by atoms with E-state index in [1.165, 1.54) is 44.1 Å². The number of allylic oxidation sites excluding steroid dienone is 1. The zero-order chi connectivity index (χ0) is 25.9. The second-order valence-corrected chi connectivity index (χ2v) is 10.2. The average Bonchev–Trinajstić information content (AvgIpc) is 3.18. The first-order valence-corrected chi connectivity index (χ1v) is 13.5. The molecule has 194 valence electrons. The van der Waals surface area contributed by atoms with Crippen LogP contribution >= 0.6 is 0 Å². The molecule has 1 saturated carbocycles. The summed E-state index contributed by atoms with van der Waals surface area (Å²) in [6.07, 6.45) is 15.9. The summed E-state index contributed by atoms with van der Waals surface area (Å²) in [6, 6.07) is 10.7. The fourth-order valence-electron chi connectivity index (χ4n) is 4.86. The number of rotatable bonds is 3. The molecular weight excluding hydrogens is 448 g/mol. The van der Waals surface area contributed by atoms with E-state index in [1.54, 1.807) is 0 Å². The number of carboxylic acid groups (broad SMARTS) is 1. The van der Waals surface area contributed by atoms with E-state index in [0.29, 0.717) is 6.04 Å². The van der Waals surface area contributed by atoms with E-state index in [1.807, 2.05) is 12.3 Å². The number of carboxylic acids is 1. The van der Waals surface area contributed by atoms with Gasteiger partial charge in [-0.05, 0) is 43.6 Å². The van der Waals surface area contributed by atoms with Gasteiger partial charge >= 0.3 is 0 Å². The number of aromatic amines is 1. The molecule has 2 aliphatic heterocycles. The third kappa shape index (κ3) is 8.58. The Balaban J connectivity index is 0.000000215. The van der Waals surface area contributed by atoms with Gasteiger partial charge in [0.2, 0.25) is 0 Å². The van der Waals surface area contributed by atoms with Gasteiger partial charge in [0.15, 0.2) is 5.49 Å². The number of imidazole rings is 1. The lowest BCUT2D eigenvalue weighted by Gasteiger charge is -2.12. The highest BCUT2D eigenvalue weighted by molar-refractivity contribution is 6.02. The first-order valence-electron chi connectivity index (χ1n) is 13.5. The fourth-order valence-corrected chi connectivity index (χ4v) is 4.86. The molecule has 6 heteroatoms. The van der Waals surface area contributed by atoms with E-state index >= 15 is 0 Å². The van der Waals surface area contributed by atoms with Crippen LogP contribution in [0.5, 0.6) is 0 Å². The standard InChI is InChI=1S/C18H18N4.C10H20.C2H4O2/c1-12-7-9-16-18(20-12)22-17(21-16)14-8-10-15(19-11-14)13-5-3-2-4-6-13;1-3-10-6-4-5-9(2)7-8-10;1-2(3)4/h2-6,9,11-12H,7-8,10H2,1H3,(H,20,21,22);9-10H,3-8H2,1-2H3;1H3,(H,3,4). The van der Waals surface area contributed by atoms with E-state index in [0.717, 1.165) is 66.0 Å². The zero-order valence-electron chi connectivity index (χ0n) is 22.3. The van der Waals surface area contributed by atoms with Crippen LogP contribution in [-0.2, 0) is 4.79 Å². The van der Waals surface area contributed by atoms with Crippen molar-refractivity contribution < 1.29 is 9.90 Å². The molecule has 5 rings (SSSR count). The van der Waals surface area contributed by atoms with Crippen molar-refractivity contribution >= 4 is 23.3 Å². The Bertz CT molecular complexity index is 1160. The lowest BCUT2D eigenvalue weighted by Crippen LogP contribution is -2.30. The number of hydrogen-bond donors (Lipinski definition) is 2. The third-order valence-electron chi connectivity index (χ3n) is 7.09. The molecule has 0 saturated heterocycles. The van der Waals surface area contributed by atoms with Gasteiger partial charge in [-0.15, -0.1) is 0 Å². The van der Waals surface area contributed by atoms with Crippen LogP contribution in [0.1, 0.15) is 96.9 Å². The smallest absolute Gasteiger partial charge is 0.300 e. The SMILES string of the molecule is CC(=O)O.CC1CC=c2[nH]c(C3=CN=C(c4ccccc4)CC3)nc2=N1.CCC1CCCC(C)CC1. The number of hydrogen-bond acceptors (Lipinski definition) is 4. The normalized spacial score (nSPS) is 22.9. The summed E-state index contributed by atoms with van der Waals surface area (Å²) in [5.74, 6) is 2.15. The number of fused-ring (bicyclic) bond motifs is 1. The number of H-pyrrole nitrogens is 1. The van der Waals surface area contributed by atoms with Crippen LogP contribution in [0, 0.1) is 11.8 Å². The molecule has 0 spiro atoms. The van der Waals surface area contributed by atoms with Gasteiger partial charge in [0.1, 0.15) is 5.82 Å². The van der Waals surface area contributed by atoms with Crippen molar-refractivity contribution in [1.82, 2.24) is 9.97 Å². The maximum atomic E-state index is 9.00. The first-order chi connectivity index (χ1) is 17.4. The quantitative estimate of drug-likeness (QED) is 0.523. The number of nitrogens with one attached hydrogen (secondary N) is 1. The van der Waals surface area contributed by atoms with Crippen molar-refractivity contribution in [2.24, 2.45) is 21.8 Å². The maximum absolute atomic E-state index is 9.00. The van der Waals surface area contributed by atoms with Crippen molar-refractivity contribution in [1.29, 1.82) is 0 Å². The molecule has 1 aromatic heterocycles. The Morgan fingerprint density at radius 1 is 1.08 bits per heavy atom. The molecule has 1 aliphatic carbocycles. The number of nitrogens with zero attached hydrogens (tertiary/aromatic N) is 3. The zero-order valence-corrected chi connectivity index (χ0v) is 22.3. The van der Waals surface area contributed by atoms with Gasteiger partial charge in [-0.3, -0.25) is 14.8 Å². The van der Waals surface area contributed by atoms with Crippen molar-refractivity contribution in [3.05, 3.63) is 58.8 Å². The average molecular weight is 491 g/mol. The molecule has 3 heterocycles. The molecular formula is C30H42N4O2. The minimum atomic E-state index is -0.833. The number of aromatic nitrogens is 2. The van der Waals surface area contributed by atoms with Gasteiger partial charge in [-0.1, -0.05) is 88.8 Å². The summed E-state index contributed by atoms with van der Waals surface area (Å²) >= 11 is 0. The molecule has 0 radical (unpaired) electrons. The van der Waals surface area contributed by atoms with Crippen LogP contribution in [-0.4, -0.2) is 32.8 Å². The number of benzene rings is 1. The van der Waals surface area contributed by atoms with Crippen LogP contribution in [0.3, 0.4) is 0 Å². The van der Waals surface area contributed by atoms with Crippen LogP contribution < -0.4 is 10.8 Å². The van der Waals surface area contributed by atoms with Crippen LogP contribution in [0.25, 0.3) is 11.6 Å². The molecule has 3 atom stereocenters. The third-order valence-corrected chi connectivity index (χ3v) is 7.09. The highest BCUT2D eigenvalue weighted by Gasteiger charge is 2.15. The molecule has 3 aliphatic rings. The Kier molecular flexibility index (Phi) is 10.6. The van der Waals surface area contributed by atoms with Gasteiger partial charge in [0.25, 0.3) is 5.97 Å². The summed E-state index contributed by atoms with van der Waals surface area (Å²) in [6.45, 7) is 7.93. The Hall–Kier alpha value is -3.02. The van der Waals surface area contributed by atoms with E-state index in [-0.39, 0.29) is 0 Å². The first kappa shape index (κ1) is 27.6. The monoisotopic (exact) mass is 490 g/mol. The highest BCUT2D eigenvalue weighted by Crippen LogP contribution is 2.28. The Labute approximate surface area is 215 Å². The number of aliphatic imine (C=N–C) groups is 1. The van der Waals surface area contributed by atoms with E-state index in [9.17, 15) is 0 Å². The van der Waals surface area contributed by atoms with Crippen molar-refractivity contribution in [3.63, 3.8) is 0 Å². The summed E-state index contributed by atoms with van der Waals surface area (Å²) in [7, 11) is 0. The van der Waals surface area contributed by atoms with E-state index < -0.39 is 5.97 Å². The van der Waals surface area contributed by atoms with Gasteiger partial charge in [0.05, 0.1) is 11.4 Å². The molecule has 1 fully saturated rings. The van der Waals surface area contributed by atoms with Crippen LogP contribution in [0.2, 0.25) is 0 Å². The predicted molar refractivity (Wildman–Crippen MR) is 147 cm³/mol. The molecule has 2 N–H and O–H groups in total. The fraction of sp³-hybridized carbons (Fsp3) is 0.533. The summed E-state index contributed by atoms with van der Waals surface area (Å²) < 4.78 is 0. The minimum Gasteiger partial charge on any atom is -0.481 e. The highest BCUT2D eigenvalue weighted by atomic mass is 16.4. The van der Waals surface area contributed by atoms with Crippen LogP contribution in [0.15, 0.2) is 46.5 Å². The van der Waals surface area contributed by atoms with E-state index in [4.69, 9.17) is 9.90 Å². The Morgan fingerprint density at radius 3 is 2.50 bits per heavy atom. The van der Waals surface area contributed by atoms with Gasteiger partial charge in [0, 0.05) is 24.4 Å². The molecule has 1 aromatic carbocycles. The molecule has 2 aromatic rings.